The third kappa shape index (κ3) is 3.16. The molecule has 1 aromatic rings. The maximum atomic E-state index is 11.8. The number of hydrazone groups is 1. The number of carbonyl (C=O) groups excluding carboxylic acids is 1. The van der Waals surface area contributed by atoms with Crippen molar-refractivity contribution in [2.75, 3.05) is 20.7 Å². The summed E-state index contributed by atoms with van der Waals surface area (Å²) in [6.45, 7) is 7.29. The number of nitrogens with zero attached hydrogens (tertiary/aromatic N) is 2. The predicted octanol–water partition coefficient (Wildman–Crippen LogP) is 1.56. The Labute approximate surface area is 124 Å². The number of rotatable bonds is 4. The molecule has 0 aliphatic carbocycles. The molecule has 0 radical (unpaired) electrons. The predicted molar refractivity (Wildman–Crippen MR) is 82.8 cm³/mol. The molecule has 0 saturated carbocycles. The quantitative estimate of drug-likeness (QED) is 0.827. The van der Waals surface area contributed by atoms with Crippen LogP contribution in [0.5, 0.6) is 0 Å². The van der Waals surface area contributed by atoms with E-state index in [0.29, 0.717) is 18.1 Å². The summed E-state index contributed by atoms with van der Waals surface area (Å²) in [6, 6.07) is 0. The van der Waals surface area contributed by atoms with E-state index in [9.17, 15) is 4.79 Å². The van der Waals surface area contributed by atoms with Gasteiger partial charge in [-0.15, -0.1) is 5.10 Å². The lowest BCUT2D eigenvalue weighted by Crippen LogP contribution is -2.14. The topological polar surface area (TPSA) is 69.7 Å². The van der Waals surface area contributed by atoms with E-state index in [1.165, 1.54) is 5.56 Å². The zero-order valence-corrected chi connectivity index (χ0v) is 13.2. The van der Waals surface area contributed by atoms with Gasteiger partial charge < -0.3 is 14.6 Å². The van der Waals surface area contributed by atoms with Crippen LogP contribution in [0.3, 0.4) is 0 Å². The number of H-pyrrole nitrogens is 1. The minimum absolute atomic E-state index is 0.237. The molecule has 0 saturated heterocycles. The molecule has 6 nitrogen and oxygen atoms in total. The van der Waals surface area contributed by atoms with Crippen LogP contribution in [-0.4, -0.2) is 42.4 Å². The summed E-state index contributed by atoms with van der Waals surface area (Å²) in [5.74, 6) is 0.113. The fraction of sp³-hybridized carbons (Fsp3) is 0.467. The summed E-state index contributed by atoms with van der Waals surface area (Å²) in [4.78, 5) is 17.3. The fourth-order valence-electron chi connectivity index (χ4n) is 2.35. The molecule has 2 heterocycles. The summed E-state index contributed by atoms with van der Waals surface area (Å²) < 4.78 is 5.38. The highest BCUT2D eigenvalue weighted by Crippen LogP contribution is 2.22. The Hall–Kier alpha value is -2.08. The van der Waals surface area contributed by atoms with Gasteiger partial charge in [-0.2, -0.15) is 0 Å². The second-order valence-corrected chi connectivity index (χ2v) is 5.35. The third-order valence-electron chi connectivity index (χ3n) is 3.41. The zero-order valence-electron chi connectivity index (χ0n) is 13.2. The molecular weight excluding hydrogens is 268 g/mol. The average molecular weight is 290 g/mol. The zero-order chi connectivity index (χ0) is 15.6. The molecule has 1 aromatic heterocycles. The summed E-state index contributed by atoms with van der Waals surface area (Å²) >= 11 is 0. The van der Waals surface area contributed by atoms with Gasteiger partial charge in [-0.1, -0.05) is 0 Å². The molecule has 2 N–H and O–H groups in total. The van der Waals surface area contributed by atoms with E-state index in [4.69, 9.17) is 4.74 Å². The van der Waals surface area contributed by atoms with Crippen LogP contribution >= 0.6 is 0 Å². The molecule has 114 valence electrons. The number of hydrogen-bond donors (Lipinski definition) is 2. The van der Waals surface area contributed by atoms with E-state index >= 15 is 0 Å². The first-order valence-electron chi connectivity index (χ1n) is 6.99. The largest absolute Gasteiger partial charge is 0.476 e. The van der Waals surface area contributed by atoms with Crippen LogP contribution in [0.4, 0.5) is 0 Å². The number of aromatic nitrogens is 1. The Kier molecular flexibility index (Phi) is 4.47. The second-order valence-electron chi connectivity index (χ2n) is 5.35. The Morgan fingerprint density at radius 3 is 2.67 bits per heavy atom. The van der Waals surface area contributed by atoms with Crippen molar-refractivity contribution in [1.82, 2.24) is 15.3 Å². The number of aryl methyl sites for hydroxylation is 1. The molecule has 1 aliphatic rings. The summed E-state index contributed by atoms with van der Waals surface area (Å²) in [5.41, 5.74) is 7.31. The standard InChI is InChI=1S/C15H22N4O2/c1-6-21-15-11(14(20)17-18-15)7-13-9(2)12(8-19(4)5)10(3)16-13/h7,16H,6,8H2,1-5H3,(H,17,20)/b11-7-. The summed E-state index contributed by atoms with van der Waals surface area (Å²) in [5, 5.41) is 3.90. The van der Waals surface area contributed by atoms with Crippen molar-refractivity contribution < 1.29 is 9.53 Å². The Morgan fingerprint density at radius 2 is 2.05 bits per heavy atom. The smallest absolute Gasteiger partial charge is 0.277 e. The molecule has 0 aromatic carbocycles. The number of nitrogens with one attached hydrogen (secondary N) is 2. The number of amides is 1. The Morgan fingerprint density at radius 1 is 1.33 bits per heavy atom. The molecule has 1 amide bonds. The Balaban J connectivity index is 2.36. The number of ether oxygens (including phenoxy) is 1. The molecule has 2 rings (SSSR count). The van der Waals surface area contributed by atoms with Gasteiger partial charge in [-0.25, -0.2) is 5.43 Å². The van der Waals surface area contributed by atoms with Gasteiger partial charge in [-0.3, -0.25) is 4.79 Å². The number of aromatic amines is 1. The average Bonchev–Trinajstić information content (AvgIpc) is 2.87. The van der Waals surface area contributed by atoms with Gasteiger partial charge in [0.1, 0.15) is 5.57 Å². The first-order valence-corrected chi connectivity index (χ1v) is 6.99. The maximum absolute atomic E-state index is 11.8. The minimum atomic E-state index is -0.237. The van der Waals surface area contributed by atoms with Gasteiger partial charge in [0.2, 0.25) is 5.90 Å². The molecule has 6 heteroatoms. The first kappa shape index (κ1) is 15.3. The van der Waals surface area contributed by atoms with Crippen LogP contribution in [0.1, 0.15) is 29.4 Å². The second kappa shape index (κ2) is 6.13. The minimum Gasteiger partial charge on any atom is -0.476 e. The number of hydrogen-bond acceptors (Lipinski definition) is 4. The van der Waals surface area contributed by atoms with E-state index in [-0.39, 0.29) is 5.91 Å². The van der Waals surface area contributed by atoms with Crippen molar-refractivity contribution in [3.05, 3.63) is 28.1 Å². The van der Waals surface area contributed by atoms with Crippen molar-refractivity contribution in [3.63, 3.8) is 0 Å². The molecule has 0 bridgehead atoms. The van der Waals surface area contributed by atoms with Crippen LogP contribution in [0, 0.1) is 13.8 Å². The van der Waals surface area contributed by atoms with E-state index in [2.05, 4.69) is 27.3 Å². The normalized spacial score (nSPS) is 16.6. The number of carbonyl (C=O) groups is 1. The summed E-state index contributed by atoms with van der Waals surface area (Å²) in [6.07, 6.45) is 1.80. The molecule has 1 aliphatic heterocycles. The van der Waals surface area contributed by atoms with Gasteiger partial charge in [0.15, 0.2) is 0 Å². The molecule has 0 atom stereocenters. The van der Waals surface area contributed by atoms with E-state index in [1.54, 1.807) is 6.08 Å². The highest BCUT2D eigenvalue weighted by molar-refractivity contribution is 6.24. The Bertz CT molecular complexity index is 611. The van der Waals surface area contributed by atoms with Crippen LogP contribution in [0.2, 0.25) is 0 Å². The lowest BCUT2D eigenvalue weighted by atomic mass is 10.1. The van der Waals surface area contributed by atoms with E-state index in [0.717, 1.165) is 23.5 Å². The van der Waals surface area contributed by atoms with Crippen LogP contribution in [0.25, 0.3) is 6.08 Å². The SMILES string of the molecule is CCOC1=NNC(=O)/C1=C/c1[nH]c(C)c(CN(C)C)c1C. The van der Waals surface area contributed by atoms with Gasteiger partial charge in [-0.05, 0) is 52.1 Å². The van der Waals surface area contributed by atoms with Gasteiger partial charge in [0.05, 0.1) is 6.61 Å². The van der Waals surface area contributed by atoms with Crippen molar-refractivity contribution in [2.24, 2.45) is 5.10 Å². The lowest BCUT2D eigenvalue weighted by Gasteiger charge is -2.10. The van der Waals surface area contributed by atoms with E-state index in [1.807, 2.05) is 27.9 Å². The molecule has 0 fully saturated rings. The van der Waals surface area contributed by atoms with E-state index < -0.39 is 0 Å². The van der Waals surface area contributed by atoms with Crippen LogP contribution < -0.4 is 5.43 Å². The molecule has 0 unspecified atom stereocenters. The highest BCUT2D eigenvalue weighted by Gasteiger charge is 2.25. The molecular formula is C15H22N4O2. The highest BCUT2D eigenvalue weighted by atomic mass is 16.5. The van der Waals surface area contributed by atoms with Crippen molar-refractivity contribution in [1.29, 1.82) is 0 Å². The van der Waals surface area contributed by atoms with Gasteiger partial charge in [0.25, 0.3) is 5.91 Å². The third-order valence-corrected chi connectivity index (χ3v) is 3.41. The van der Waals surface area contributed by atoms with Gasteiger partial charge in [0, 0.05) is 17.9 Å². The van der Waals surface area contributed by atoms with Gasteiger partial charge >= 0.3 is 0 Å². The van der Waals surface area contributed by atoms with Crippen molar-refractivity contribution >= 4 is 17.9 Å². The van der Waals surface area contributed by atoms with Crippen molar-refractivity contribution in [2.45, 2.75) is 27.3 Å². The molecule has 21 heavy (non-hydrogen) atoms. The summed E-state index contributed by atoms with van der Waals surface area (Å²) in [7, 11) is 4.07. The van der Waals surface area contributed by atoms with Crippen LogP contribution in [0.15, 0.2) is 10.7 Å². The molecule has 0 spiro atoms. The maximum Gasteiger partial charge on any atom is 0.277 e. The monoisotopic (exact) mass is 290 g/mol. The van der Waals surface area contributed by atoms with Crippen molar-refractivity contribution in [3.8, 4) is 0 Å². The van der Waals surface area contributed by atoms with Crippen LogP contribution in [-0.2, 0) is 16.1 Å². The fourth-order valence-corrected chi connectivity index (χ4v) is 2.35. The first-order chi connectivity index (χ1) is 9.93. The lowest BCUT2D eigenvalue weighted by molar-refractivity contribution is -0.116.